The van der Waals surface area contributed by atoms with Crippen LogP contribution in [-0.2, 0) is 4.79 Å². The Morgan fingerprint density at radius 2 is 1.86 bits per heavy atom. The molecule has 0 aliphatic carbocycles. The van der Waals surface area contributed by atoms with E-state index in [-0.39, 0.29) is 6.42 Å². The number of carbonyl (C=O) groups is 1. The Bertz CT molecular complexity index is 194. The van der Waals surface area contributed by atoms with Crippen molar-refractivity contribution in [2.75, 3.05) is 0 Å². The van der Waals surface area contributed by atoms with Crippen molar-refractivity contribution in [3.8, 4) is 0 Å². The predicted molar refractivity (Wildman–Crippen MR) is 49.0 cm³/mol. The molecule has 0 aromatic rings. The molecule has 0 aromatic carbocycles. The van der Waals surface area contributed by atoms with E-state index in [0.29, 0.717) is 12.8 Å². The van der Waals surface area contributed by atoms with Gasteiger partial charge in [-0.3, -0.25) is 4.79 Å². The summed E-state index contributed by atoms with van der Waals surface area (Å²) in [5, 5.41) is 0. The second kappa shape index (κ2) is 6.62. The summed E-state index contributed by atoms with van der Waals surface area (Å²) in [7, 11) is 0. The number of alkyl halides is 3. The number of hydrogen-bond donors (Lipinski definition) is 0. The maximum absolute atomic E-state index is 11.7. The number of unbranched alkanes of at least 4 members (excludes halogenated alkanes) is 2. The largest absolute Gasteiger partial charge is 0.449 e. The van der Waals surface area contributed by atoms with Crippen LogP contribution in [0.25, 0.3) is 0 Å². The summed E-state index contributed by atoms with van der Waals surface area (Å²) in [5.41, 5.74) is 0. The first-order chi connectivity index (χ1) is 6.48. The molecular weight excluding hydrogens is 193 g/mol. The molecule has 0 aliphatic heterocycles. The van der Waals surface area contributed by atoms with Gasteiger partial charge in [-0.05, 0) is 25.7 Å². The van der Waals surface area contributed by atoms with Crippen LogP contribution in [-0.4, -0.2) is 12.0 Å². The van der Waals surface area contributed by atoms with E-state index in [0.717, 1.165) is 12.8 Å². The van der Waals surface area contributed by atoms with E-state index in [1.165, 1.54) is 0 Å². The molecule has 0 atom stereocenters. The molecular formula is C10H15F3O. The smallest absolute Gasteiger partial charge is 0.290 e. The molecule has 0 fully saturated rings. The van der Waals surface area contributed by atoms with Gasteiger partial charge >= 0.3 is 6.18 Å². The third-order valence-corrected chi connectivity index (χ3v) is 1.74. The summed E-state index contributed by atoms with van der Waals surface area (Å²) in [4.78, 5) is 10.4. The summed E-state index contributed by atoms with van der Waals surface area (Å²) in [6.45, 7) is 1.99. The first kappa shape index (κ1) is 13.2. The van der Waals surface area contributed by atoms with Gasteiger partial charge in [0.2, 0.25) is 5.78 Å². The molecule has 0 bridgehead atoms. The highest BCUT2D eigenvalue weighted by atomic mass is 19.4. The van der Waals surface area contributed by atoms with Crippen LogP contribution in [0.4, 0.5) is 13.2 Å². The van der Waals surface area contributed by atoms with Gasteiger partial charge < -0.3 is 0 Å². The fourth-order valence-corrected chi connectivity index (χ4v) is 0.974. The maximum Gasteiger partial charge on any atom is 0.449 e. The van der Waals surface area contributed by atoms with Crippen molar-refractivity contribution in [2.45, 2.75) is 45.2 Å². The van der Waals surface area contributed by atoms with Crippen molar-refractivity contribution in [3.05, 3.63) is 12.2 Å². The molecule has 0 spiro atoms. The van der Waals surface area contributed by atoms with Gasteiger partial charge in [-0.2, -0.15) is 13.2 Å². The number of carbonyl (C=O) groups excluding carboxylic acids is 1. The lowest BCUT2D eigenvalue weighted by Crippen LogP contribution is -2.22. The van der Waals surface area contributed by atoms with Crippen LogP contribution >= 0.6 is 0 Å². The Kier molecular flexibility index (Phi) is 6.25. The van der Waals surface area contributed by atoms with Gasteiger partial charge in [0.05, 0.1) is 0 Å². The van der Waals surface area contributed by atoms with Crippen LogP contribution < -0.4 is 0 Å². The first-order valence-electron chi connectivity index (χ1n) is 4.73. The topological polar surface area (TPSA) is 17.1 Å². The van der Waals surface area contributed by atoms with Gasteiger partial charge in [-0.25, -0.2) is 0 Å². The number of allylic oxidation sites excluding steroid dienone is 2. The third kappa shape index (κ3) is 6.69. The van der Waals surface area contributed by atoms with Crippen molar-refractivity contribution in [3.63, 3.8) is 0 Å². The Labute approximate surface area is 82.0 Å². The van der Waals surface area contributed by atoms with Crippen LogP contribution in [0.1, 0.15) is 39.0 Å². The summed E-state index contributed by atoms with van der Waals surface area (Å²) in [5.74, 6) is -1.61. The van der Waals surface area contributed by atoms with Crippen molar-refractivity contribution in [1.29, 1.82) is 0 Å². The standard InChI is InChI=1S/C10H15F3O/c1-2-3-4-5-6-7-8-9(14)10(11,12)13/h3-4H,2,5-8H2,1H3/b4-3+. The van der Waals surface area contributed by atoms with E-state index in [2.05, 4.69) is 0 Å². The summed E-state index contributed by atoms with van der Waals surface area (Å²) >= 11 is 0. The van der Waals surface area contributed by atoms with Gasteiger partial charge in [-0.1, -0.05) is 19.1 Å². The van der Waals surface area contributed by atoms with Crippen molar-refractivity contribution < 1.29 is 18.0 Å². The molecule has 1 nitrogen and oxygen atoms in total. The zero-order valence-electron chi connectivity index (χ0n) is 8.23. The highest BCUT2D eigenvalue weighted by Crippen LogP contribution is 2.19. The maximum atomic E-state index is 11.7. The van der Waals surface area contributed by atoms with Crippen LogP contribution in [0.3, 0.4) is 0 Å². The van der Waals surface area contributed by atoms with Crippen LogP contribution in [0, 0.1) is 0 Å². The fourth-order valence-electron chi connectivity index (χ4n) is 0.974. The molecule has 82 valence electrons. The first-order valence-corrected chi connectivity index (χ1v) is 4.73. The van der Waals surface area contributed by atoms with Gasteiger partial charge in [0.1, 0.15) is 0 Å². The number of halogens is 3. The zero-order chi connectivity index (χ0) is 11.0. The average molecular weight is 208 g/mol. The van der Waals surface area contributed by atoms with Crippen LogP contribution in [0.5, 0.6) is 0 Å². The second-order valence-electron chi connectivity index (χ2n) is 3.05. The molecule has 0 heterocycles. The molecule has 0 unspecified atom stereocenters. The summed E-state index contributed by atoms with van der Waals surface area (Å²) in [6.07, 6.45) is 1.48. The highest BCUT2D eigenvalue weighted by Gasteiger charge is 2.36. The molecule has 0 radical (unpaired) electrons. The van der Waals surface area contributed by atoms with Crippen LogP contribution in [0.15, 0.2) is 12.2 Å². The van der Waals surface area contributed by atoms with E-state index in [1.54, 1.807) is 0 Å². The highest BCUT2D eigenvalue weighted by molar-refractivity contribution is 5.83. The molecule has 0 rings (SSSR count). The van der Waals surface area contributed by atoms with Gasteiger partial charge in [0.15, 0.2) is 0 Å². The van der Waals surface area contributed by atoms with Crippen LogP contribution in [0.2, 0.25) is 0 Å². The van der Waals surface area contributed by atoms with E-state index < -0.39 is 12.0 Å². The summed E-state index contributed by atoms with van der Waals surface area (Å²) < 4.78 is 35.1. The Balaban J connectivity index is 3.46. The van der Waals surface area contributed by atoms with Gasteiger partial charge in [-0.15, -0.1) is 0 Å². The molecule has 14 heavy (non-hydrogen) atoms. The van der Waals surface area contributed by atoms with Crippen molar-refractivity contribution >= 4 is 5.78 Å². The minimum Gasteiger partial charge on any atom is -0.290 e. The Morgan fingerprint density at radius 3 is 2.36 bits per heavy atom. The van der Waals surface area contributed by atoms with Gasteiger partial charge in [0, 0.05) is 6.42 Å². The number of hydrogen-bond acceptors (Lipinski definition) is 1. The third-order valence-electron chi connectivity index (χ3n) is 1.74. The number of rotatable bonds is 6. The average Bonchev–Trinajstić information content (AvgIpc) is 2.09. The normalized spacial score (nSPS) is 12.3. The van der Waals surface area contributed by atoms with E-state index in [1.807, 2.05) is 19.1 Å². The van der Waals surface area contributed by atoms with Gasteiger partial charge in [0.25, 0.3) is 0 Å². The Morgan fingerprint density at radius 1 is 1.21 bits per heavy atom. The minimum atomic E-state index is -4.65. The molecule has 0 aromatic heterocycles. The van der Waals surface area contributed by atoms with E-state index >= 15 is 0 Å². The molecule has 4 heteroatoms. The van der Waals surface area contributed by atoms with Crippen molar-refractivity contribution in [1.82, 2.24) is 0 Å². The quantitative estimate of drug-likeness (QED) is 0.481. The summed E-state index contributed by atoms with van der Waals surface area (Å²) in [6, 6.07) is 0. The monoisotopic (exact) mass is 208 g/mol. The van der Waals surface area contributed by atoms with Crippen molar-refractivity contribution in [2.24, 2.45) is 0 Å². The number of ketones is 1. The lowest BCUT2D eigenvalue weighted by molar-refractivity contribution is -0.171. The second-order valence-corrected chi connectivity index (χ2v) is 3.05. The lowest BCUT2D eigenvalue weighted by Gasteiger charge is -2.03. The predicted octanol–water partition coefficient (Wildman–Crippen LogP) is 3.64. The zero-order valence-corrected chi connectivity index (χ0v) is 8.23. The molecule has 0 N–H and O–H groups in total. The SMILES string of the molecule is CC/C=C/CCCCC(=O)C(F)(F)F. The molecule has 0 saturated heterocycles. The molecule has 0 aliphatic rings. The fraction of sp³-hybridized carbons (Fsp3) is 0.700. The lowest BCUT2D eigenvalue weighted by atomic mass is 10.1. The minimum absolute atomic E-state index is 0.312. The molecule has 0 amide bonds. The van der Waals surface area contributed by atoms with E-state index in [9.17, 15) is 18.0 Å². The Hall–Kier alpha value is -0.800. The number of Topliss-reactive ketones (excluding diaryl/α,β-unsaturated/α-hetero) is 1. The van der Waals surface area contributed by atoms with E-state index in [4.69, 9.17) is 0 Å². The molecule has 0 saturated carbocycles.